The molecule has 0 saturated carbocycles. The van der Waals surface area contributed by atoms with E-state index in [9.17, 15) is 0 Å². The Balaban J connectivity index is 0.00000280. The number of nitrogens with zero attached hydrogens (tertiary/aromatic N) is 5. The molecule has 0 aliphatic carbocycles. The van der Waals surface area contributed by atoms with Crippen LogP contribution in [0.15, 0.2) is 41.8 Å². The van der Waals surface area contributed by atoms with Gasteiger partial charge in [-0.05, 0) is 18.6 Å². The first-order valence-electron chi connectivity index (χ1n) is 8.81. The second-order valence-electron chi connectivity index (χ2n) is 5.87. The zero-order valence-corrected chi connectivity index (χ0v) is 18.9. The number of fused-ring (bicyclic) bond motifs is 1. The fourth-order valence-electron chi connectivity index (χ4n) is 2.60. The van der Waals surface area contributed by atoms with Crippen LogP contribution in [-0.2, 0) is 13.6 Å². The monoisotopic (exact) mass is 514 g/mol. The molecule has 0 aliphatic rings. The van der Waals surface area contributed by atoms with E-state index >= 15 is 0 Å². The molecule has 0 fully saturated rings. The molecule has 1 aromatic carbocycles. The zero-order valence-electron chi connectivity index (χ0n) is 15.8. The lowest BCUT2D eigenvalue weighted by Gasteiger charge is -2.12. The lowest BCUT2D eigenvalue weighted by atomic mass is 10.2. The molecule has 3 rings (SSSR count). The van der Waals surface area contributed by atoms with Crippen molar-refractivity contribution < 1.29 is 0 Å². The first kappa shape index (κ1) is 22.2. The number of aliphatic imine (C=N–C) groups is 1. The van der Waals surface area contributed by atoms with Gasteiger partial charge >= 0.3 is 0 Å². The SMILES string of the molecule is CCNC(=NCc1ccccc1Cl)NCCNc1ncnc2c1cnn2C.I. The van der Waals surface area contributed by atoms with Gasteiger partial charge in [0.1, 0.15) is 12.1 Å². The number of aromatic nitrogens is 4. The van der Waals surface area contributed by atoms with Crippen LogP contribution in [0.2, 0.25) is 5.02 Å². The minimum atomic E-state index is 0. The normalized spacial score (nSPS) is 11.2. The molecule has 3 aromatic rings. The summed E-state index contributed by atoms with van der Waals surface area (Å²) in [6, 6.07) is 7.72. The Bertz CT molecular complexity index is 927. The van der Waals surface area contributed by atoms with Crippen LogP contribution in [0.5, 0.6) is 0 Å². The first-order chi connectivity index (χ1) is 13.2. The topological polar surface area (TPSA) is 92.1 Å². The van der Waals surface area contributed by atoms with Crippen LogP contribution in [0.25, 0.3) is 11.0 Å². The van der Waals surface area contributed by atoms with Crippen molar-refractivity contribution in [2.24, 2.45) is 12.0 Å². The second-order valence-corrected chi connectivity index (χ2v) is 6.28. The van der Waals surface area contributed by atoms with Gasteiger partial charge in [-0.2, -0.15) is 5.10 Å². The van der Waals surface area contributed by atoms with Crippen molar-refractivity contribution in [2.45, 2.75) is 13.5 Å². The Hall–Kier alpha value is -2.14. The van der Waals surface area contributed by atoms with E-state index in [0.29, 0.717) is 19.6 Å². The summed E-state index contributed by atoms with van der Waals surface area (Å²) >= 11 is 6.19. The van der Waals surface area contributed by atoms with Crippen molar-refractivity contribution in [3.63, 3.8) is 0 Å². The maximum atomic E-state index is 6.19. The molecule has 0 unspecified atom stereocenters. The van der Waals surface area contributed by atoms with Gasteiger partial charge in [0.2, 0.25) is 0 Å². The number of anilines is 1. The fourth-order valence-corrected chi connectivity index (χ4v) is 2.79. The largest absolute Gasteiger partial charge is 0.368 e. The summed E-state index contributed by atoms with van der Waals surface area (Å²) in [4.78, 5) is 13.1. The quantitative estimate of drug-likeness (QED) is 0.194. The molecule has 3 N–H and O–H groups in total. The molecule has 0 aliphatic heterocycles. The van der Waals surface area contributed by atoms with E-state index in [4.69, 9.17) is 11.6 Å². The average Bonchev–Trinajstić information content (AvgIpc) is 3.06. The molecule has 0 radical (unpaired) electrons. The Labute approximate surface area is 186 Å². The molecule has 28 heavy (non-hydrogen) atoms. The van der Waals surface area contributed by atoms with Gasteiger partial charge in [0.25, 0.3) is 0 Å². The van der Waals surface area contributed by atoms with Crippen LogP contribution in [0.4, 0.5) is 5.82 Å². The van der Waals surface area contributed by atoms with Crippen molar-refractivity contribution in [1.29, 1.82) is 0 Å². The van der Waals surface area contributed by atoms with E-state index in [1.165, 1.54) is 6.33 Å². The number of aryl methyl sites for hydroxylation is 1. The zero-order chi connectivity index (χ0) is 19.1. The molecule has 0 amide bonds. The summed E-state index contributed by atoms with van der Waals surface area (Å²) in [5.41, 5.74) is 1.80. The molecule has 0 saturated heterocycles. The smallest absolute Gasteiger partial charge is 0.191 e. The summed E-state index contributed by atoms with van der Waals surface area (Å²) in [6.07, 6.45) is 3.30. The van der Waals surface area contributed by atoms with Crippen molar-refractivity contribution in [2.75, 3.05) is 25.0 Å². The van der Waals surface area contributed by atoms with Crippen molar-refractivity contribution in [3.8, 4) is 0 Å². The predicted molar refractivity (Wildman–Crippen MR) is 124 cm³/mol. The summed E-state index contributed by atoms with van der Waals surface area (Å²) in [5, 5.41) is 15.7. The van der Waals surface area contributed by atoms with Crippen molar-refractivity contribution in [3.05, 3.63) is 47.4 Å². The standard InChI is InChI=1S/C18H23ClN8.HI/c1-3-20-18(23-10-13-6-4-5-7-15(13)19)22-9-8-21-16-14-11-26-27(2)17(14)25-12-24-16;/h4-7,11-12H,3,8-10H2,1-2H3,(H2,20,22,23)(H,21,24,25);1H. The molecular formula is C18H24ClIN8. The lowest BCUT2D eigenvalue weighted by Crippen LogP contribution is -2.39. The Morgan fingerprint density at radius 1 is 1.18 bits per heavy atom. The Morgan fingerprint density at radius 3 is 2.79 bits per heavy atom. The van der Waals surface area contributed by atoms with Crippen LogP contribution < -0.4 is 16.0 Å². The third-order valence-corrected chi connectivity index (χ3v) is 4.32. The average molecular weight is 515 g/mol. The Morgan fingerprint density at radius 2 is 2.00 bits per heavy atom. The molecule has 2 heterocycles. The molecule has 0 bridgehead atoms. The van der Waals surface area contributed by atoms with Gasteiger partial charge in [0.05, 0.1) is 18.1 Å². The van der Waals surface area contributed by atoms with Gasteiger partial charge in [-0.3, -0.25) is 4.68 Å². The second kappa shape index (κ2) is 11.0. The summed E-state index contributed by atoms with van der Waals surface area (Å²) in [7, 11) is 1.86. The number of hydrogen-bond acceptors (Lipinski definition) is 5. The summed E-state index contributed by atoms with van der Waals surface area (Å²) < 4.78 is 1.73. The predicted octanol–water partition coefficient (Wildman–Crippen LogP) is 2.80. The molecule has 0 atom stereocenters. The van der Waals surface area contributed by atoms with Gasteiger partial charge in [0.15, 0.2) is 11.6 Å². The summed E-state index contributed by atoms with van der Waals surface area (Å²) in [5.74, 6) is 1.52. The van der Waals surface area contributed by atoms with E-state index in [0.717, 1.165) is 39.9 Å². The molecule has 2 aromatic heterocycles. The van der Waals surface area contributed by atoms with Crippen LogP contribution in [0, 0.1) is 0 Å². The molecular weight excluding hydrogens is 491 g/mol. The highest BCUT2D eigenvalue weighted by Gasteiger charge is 2.07. The van der Waals surface area contributed by atoms with Gasteiger partial charge in [-0.15, -0.1) is 24.0 Å². The third-order valence-electron chi connectivity index (χ3n) is 3.95. The highest BCUT2D eigenvalue weighted by atomic mass is 127. The van der Waals surface area contributed by atoms with Crippen LogP contribution >= 0.6 is 35.6 Å². The fraction of sp³-hybridized carbons (Fsp3) is 0.333. The van der Waals surface area contributed by atoms with E-state index in [-0.39, 0.29) is 24.0 Å². The van der Waals surface area contributed by atoms with Gasteiger partial charge in [-0.1, -0.05) is 29.8 Å². The van der Waals surface area contributed by atoms with E-state index in [2.05, 4.69) is 36.0 Å². The summed E-state index contributed by atoms with van der Waals surface area (Å²) in [6.45, 7) is 4.69. The molecule has 150 valence electrons. The van der Waals surface area contributed by atoms with Crippen LogP contribution in [0.1, 0.15) is 12.5 Å². The van der Waals surface area contributed by atoms with Crippen molar-refractivity contribution in [1.82, 2.24) is 30.4 Å². The van der Waals surface area contributed by atoms with E-state index in [1.54, 1.807) is 10.9 Å². The van der Waals surface area contributed by atoms with Gasteiger partial charge in [-0.25, -0.2) is 15.0 Å². The number of benzene rings is 1. The van der Waals surface area contributed by atoms with Crippen LogP contribution in [-0.4, -0.2) is 45.3 Å². The van der Waals surface area contributed by atoms with E-state index in [1.807, 2.05) is 38.2 Å². The number of halogens is 2. The lowest BCUT2D eigenvalue weighted by molar-refractivity contribution is 0.785. The number of nitrogens with one attached hydrogen (secondary N) is 3. The highest BCUT2D eigenvalue weighted by molar-refractivity contribution is 14.0. The van der Waals surface area contributed by atoms with E-state index < -0.39 is 0 Å². The minimum absolute atomic E-state index is 0. The molecule has 0 spiro atoms. The maximum absolute atomic E-state index is 6.19. The number of guanidine groups is 1. The van der Waals surface area contributed by atoms with Gasteiger partial charge in [0, 0.05) is 31.7 Å². The highest BCUT2D eigenvalue weighted by Crippen LogP contribution is 2.17. The van der Waals surface area contributed by atoms with Gasteiger partial charge < -0.3 is 16.0 Å². The molecule has 10 heteroatoms. The maximum Gasteiger partial charge on any atom is 0.191 e. The molecule has 8 nitrogen and oxygen atoms in total. The number of hydrogen-bond donors (Lipinski definition) is 3. The van der Waals surface area contributed by atoms with Crippen molar-refractivity contribution >= 4 is 58.4 Å². The minimum Gasteiger partial charge on any atom is -0.368 e. The first-order valence-corrected chi connectivity index (χ1v) is 9.19. The van der Waals surface area contributed by atoms with Crippen LogP contribution in [0.3, 0.4) is 0 Å². The third kappa shape index (κ3) is 5.68. The number of rotatable bonds is 7. The Kier molecular flexibility index (Phi) is 8.71.